The number of nitrogens with zero attached hydrogens (tertiary/aromatic N) is 2. The third-order valence-corrected chi connectivity index (χ3v) is 11.7. The molecule has 1 saturated heterocycles. The first kappa shape index (κ1) is 26.7. The molecule has 40 heavy (non-hydrogen) atoms. The Morgan fingerprint density at radius 3 is 2.10 bits per heavy atom. The highest BCUT2D eigenvalue weighted by molar-refractivity contribution is 7.90. The molecule has 3 fully saturated rings. The second-order valence-electron chi connectivity index (χ2n) is 12.0. The van der Waals surface area contributed by atoms with E-state index in [4.69, 9.17) is 4.99 Å². The Morgan fingerprint density at radius 1 is 0.950 bits per heavy atom. The maximum Gasteiger partial charge on any atom is 0.261 e. The van der Waals surface area contributed by atoms with Crippen molar-refractivity contribution in [1.29, 1.82) is 0 Å². The smallest absolute Gasteiger partial charge is 0.261 e. The molecule has 3 aromatic carbocycles. The number of fused-ring (bicyclic) bond motifs is 1. The zero-order valence-electron chi connectivity index (χ0n) is 23.1. The summed E-state index contributed by atoms with van der Waals surface area (Å²) in [7, 11) is -3.76. The lowest BCUT2D eigenvalue weighted by molar-refractivity contribution is -0.130. The average molecular weight is 553 g/mol. The van der Waals surface area contributed by atoms with Crippen molar-refractivity contribution in [2.24, 2.45) is 21.7 Å². The number of hydrogen-bond donors (Lipinski definition) is 0. The van der Waals surface area contributed by atoms with Gasteiger partial charge in [0.2, 0.25) is 10.0 Å². The fourth-order valence-corrected chi connectivity index (χ4v) is 10.1. The Hall–Kier alpha value is -3.51. The van der Waals surface area contributed by atoms with E-state index in [9.17, 15) is 13.2 Å². The first-order valence-corrected chi connectivity index (χ1v) is 15.8. The summed E-state index contributed by atoms with van der Waals surface area (Å²) in [5.41, 5.74) is 3.01. The minimum absolute atomic E-state index is 0.0560. The molecule has 5 nitrogen and oxygen atoms in total. The van der Waals surface area contributed by atoms with Crippen molar-refractivity contribution in [2.75, 3.05) is 5.75 Å². The molecule has 3 aromatic rings. The van der Waals surface area contributed by atoms with Gasteiger partial charge in [-0.1, -0.05) is 117 Å². The highest BCUT2D eigenvalue weighted by Crippen LogP contribution is 2.70. The summed E-state index contributed by atoms with van der Waals surface area (Å²) in [5, 5.41) is 0. The van der Waals surface area contributed by atoms with Crippen LogP contribution in [0.3, 0.4) is 0 Å². The minimum atomic E-state index is -3.76. The second kappa shape index (κ2) is 10.2. The molecule has 0 unspecified atom stereocenters. The van der Waals surface area contributed by atoms with Gasteiger partial charge in [0, 0.05) is 16.5 Å². The number of sulfonamides is 1. The van der Waals surface area contributed by atoms with Crippen molar-refractivity contribution in [3.8, 4) is 0 Å². The molecule has 1 heterocycles. The largest absolute Gasteiger partial charge is 0.271 e. The van der Waals surface area contributed by atoms with Gasteiger partial charge in [0.05, 0.1) is 17.5 Å². The van der Waals surface area contributed by atoms with Crippen LogP contribution >= 0.6 is 0 Å². The van der Waals surface area contributed by atoms with E-state index in [1.54, 1.807) is 0 Å². The number of rotatable bonds is 7. The molecule has 4 atom stereocenters. The molecular weight excluding hydrogens is 516 g/mol. The monoisotopic (exact) mass is 552 g/mol. The third kappa shape index (κ3) is 4.43. The van der Waals surface area contributed by atoms with E-state index in [-0.39, 0.29) is 22.6 Å². The van der Waals surface area contributed by atoms with Gasteiger partial charge in [-0.25, -0.2) is 12.7 Å². The average Bonchev–Trinajstić information content (AvgIpc) is 3.44. The van der Waals surface area contributed by atoms with Gasteiger partial charge in [-0.05, 0) is 42.6 Å². The summed E-state index contributed by atoms with van der Waals surface area (Å²) in [6.07, 6.45) is 6.86. The maximum absolute atomic E-state index is 14.4. The van der Waals surface area contributed by atoms with Gasteiger partial charge in [0.1, 0.15) is 6.04 Å². The van der Waals surface area contributed by atoms with E-state index in [2.05, 4.69) is 13.8 Å². The molecule has 6 rings (SSSR count). The molecule has 1 aliphatic heterocycles. The molecule has 2 saturated carbocycles. The molecule has 0 aromatic heterocycles. The van der Waals surface area contributed by atoms with Gasteiger partial charge in [0.15, 0.2) is 0 Å². The van der Waals surface area contributed by atoms with Crippen molar-refractivity contribution in [2.45, 2.75) is 51.6 Å². The van der Waals surface area contributed by atoms with Gasteiger partial charge in [-0.15, -0.1) is 0 Å². The fraction of sp³-hybridized carbons (Fsp3) is 0.353. The van der Waals surface area contributed by atoms with Gasteiger partial charge in [0.25, 0.3) is 5.91 Å². The Bertz CT molecular complexity index is 1510. The van der Waals surface area contributed by atoms with Crippen LogP contribution in [-0.2, 0) is 14.8 Å². The van der Waals surface area contributed by atoms with E-state index in [0.29, 0.717) is 18.1 Å². The first-order valence-electron chi connectivity index (χ1n) is 14.2. The Morgan fingerprint density at radius 2 is 1.52 bits per heavy atom. The molecule has 2 bridgehead atoms. The van der Waals surface area contributed by atoms with E-state index in [1.807, 2.05) is 103 Å². The molecule has 3 aliphatic rings. The van der Waals surface area contributed by atoms with Crippen LogP contribution in [0.2, 0.25) is 0 Å². The molecular formula is C34H36N2O3S. The van der Waals surface area contributed by atoms with Gasteiger partial charge < -0.3 is 0 Å². The number of carbonyl (C=O) groups excluding carboxylic acids is 1. The fourth-order valence-electron chi connectivity index (χ4n) is 7.50. The van der Waals surface area contributed by atoms with Crippen molar-refractivity contribution < 1.29 is 13.2 Å². The SMILES string of the molecule is CC1(C)[C@@H]2CC[C@]13CS(=O)(=O)N(C(=O)[C@@H](C/C=C/c1ccccc1)N=C(c1ccccc1)c1ccccc1)[C@H]3C2. The molecule has 1 amide bonds. The number of benzene rings is 3. The molecule has 2 aliphatic carbocycles. The lowest BCUT2D eigenvalue weighted by Gasteiger charge is -2.37. The highest BCUT2D eigenvalue weighted by atomic mass is 32.2. The molecule has 6 heteroatoms. The number of hydrogen-bond acceptors (Lipinski definition) is 4. The number of aliphatic imine (C=N–C) groups is 1. The zero-order chi connectivity index (χ0) is 28.0. The lowest BCUT2D eigenvalue weighted by Crippen LogP contribution is -2.47. The first-order chi connectivity index (χ1) is 19.2. The minimum Gasteiger partial charge on any atom is -0.271 e. The summed E-state index contributed by atoms with van der Waals surface area (Å²) < 4.78 is 28.8. The van der Waals surface area contributed by atoms with Crippen molar-refractivity contribution in [3.05, 3.63) is 114 Å². The van der Waals surface area contributed by atoms with Crippen LogP contribution in [-0.4, -0.2) is 42.2 Å². The van der Waals surface area contributed by atoms with Crippen molar-refractivity contribution >= 4 is 27.7 Å². The number of amides is 1. The van der Waals surface area contributed by atoms with Gasteiger partial charge in [-0.2, -0.15) is 0 Å². The quantitative estimate of drug-likeness (QED) is 0.320. The van der Waals surface area contributed by atoms with Crippen LogP contribution in [0, 0.1) is 16.7 Å². The van der Waals surface area contributed by atoms with Crippen molar-refractivity contribution in [1.82, 2.24) is 4.31 Å². The summed E-state index contributed by atoms with van der Waals surface area (Å²) in [5.74, 6) is 0.0835. The van der Waals surface area contributed by atoms with Crippen LogP contribution in [0.15, 0.2) is 102 Å². The molecule has 1 spiro atoms. The molecule has 206 valence electrons. The summed E-state index contributed by atoms with van der Waals surface area (Å²) >= 11 is 0. The summed E-state index contributed by atoms with van der Waals surface area (Å²) in [6, 6.07) is 28.4. The second-order valence-corrected chi connectivity index (χ2v) is 13.9. The third-order valence-electron chi connectivity index (χ3n) is 9.76. The van der Waals surface area contributed by atoms with Crippen LogP contribution in [0.1, 0.15) is 56.2 Å². The number of carbonyl (C=O) groups is 1. The topological polar surface area (TPSA) is 66.8 Å². The predicted molar refractivity (Wildman–Crippen MR) is 160 cm³/mol. The maximum atomic E-state index is 14.4. The van der Waals surface area contributed by atoms with Crippen LogP contribution in [0.5, 0.6) is 0 Å². The van der Waals surface area contributed by atoms with E-state index < -0.39 is 22.0 Å². The standard InChI is InChI=1S/C34H36N2O3S/c1-33(2)28-21-22-34(33)24-40(38,39)36(30(34)23-28)32(37)29(20-12-15-25-13-6-3-7-14-25)35-31(26-16-8-4-9-17-26)27-18-10-5-11-19-27/h3-19,28-30H,20-24H2,1-2H3/b15-12+/t28-,29-,30+,34-/m1/s1. The van der Waals surface area contributed by atoms with Crippen LogP contribution < -0.4 is 0 Å². The molecule has 0 radical (unpaired) electrons. The van der Waals surface area contributed by atoms with Crippen LogP contribution in [0.4, 0.5) is 0 Å². The molecule has 0 N–H and O–H groups in total. The Labute approximate surface area is 237 Å². The van der Waals surface area contributed by atoms with E-state index in [1.165, 1.54) is 4.31 Å². The summed E-state index contributed by atoms with van der Waals surface area (Å²) in [6.45, 7) is 4.41. The highest BCUT2D eigenvalue weighted by Gasteiger charge is 2.72. The predicted octanol–water partition coefficient (Wildman–Crippen LogP) is 6.36. The van der Waals surface area contributed by atoms with Crippen LogP contribution in [0.25, 0.3) is 6.08 Å². The summed E-state index contributed by atoms with van der Waals surface area (Å²) in [4.78, 5) is 19.5. The Kier molecular flexibility index (Phi) is 6.78. The van der Waals surface area contributed by atoms with Crippen molar-refractivity contribution in [3.63, 3.8) is 0 Å². The zero-order valence-corrected chi connectivity index (χ0v) is 23.9. The van der Waals surface area contributed by atoms with E-state index in [0.717, 1.165) is 36.0 Å². The van der Waals surface area contributed by atoms with Gasteiger partial charge >= 0.3 is 0 Å². The van der Waals surface area contributed by atoms with Gasteiger partial charge in [-0.3, -0.25) is 9.79 Å². The normalized spacial score (nSPS) is 26.5. The lowest BCUT2D eigenvalue weighted by atomic mass is 9.69. The Balaban J connectivity index is 1.42. The van der Waals surface area contributed by atoms with E-state index >= 15 is 0 Å².